The highest BCUT2D eigenvalue weighted by Gasteiger charge is 2.22. The summed E-state index contributed by atoms with van der Waals surface area (Å²) in [4.78, 5) is 16.0. The first kappa shape index (κ1) is 14.4. The maximum atomic E-state index is 13.4. The van der Waals surface area contributed by atoms with Gasteiger partial charge in [-0.3, -0.25) is 4.79 Å². The Morgan fingerprint density at radius 2 is 2.18 bits per heavy atom. The van der Waals surface area contributed by atoms with Gasteiger partial charge in [-0.1, -0.05) is 0 Å². The number of fused-ring (bicyclic) bond motifs is 1. The summed E-state index contributed by atoms with van der Waals surface area (Å²) >= 11 is 0. The Hall–Kier alpha value is -2.50. The molecule has 6 heteroatoms. The number of benzene rings is 1. The summed E-state index contributed by atoms with van der Waals surface area (Å²) in [5, 5.41) is 2.82. The van der Waals surface area contributed by atoms with E-state index in [9.17, 15) is 9.18 Å². The zero-order chi connectivity index (χ0) is 15.5. The van der Waals surface area contributed by atoms with Gasteiger partial charge in [-0.05, 0) is 30.3 Å². The third-order valence-electron chi connectivity index (χ3n) is 3.77. The summed E-state index contributed by atoms with van der Waals surface area (Å²) in [6.07, 6.45) is 1.58. The Kier molecular flexibility index (Phi) is 4.00. The molecule has 1 aromatic heterocycles. The number of hydrogen-bond acceptors (Lipinski definition) is 4. The predicted octanol–water partition coefficient (Wildman–Crippen LogP) is 1.99. The third-order valence-corrected chi connectivity index (χ3v) is 3.77. The molecule has 0 saturated carbocycles. The van der Waals surface area contributed by atoms with E-state index in [4.69, 9.17) is 4.42 Å². The van der Waals surface area contributed by atoms with E-state index in [0.29, 0.717) is 12.3 Å². The van der Waals surface area contributed by atoms with Crippen molar-refractivity contribution in [3.63, 3.8) is 0 Å². The van der Waals surface area contributed by atoms with Crippen LogP contribution in [0.1, 0.15) is 5.76 Å². The number of hydrogen-bond donors (Lipinski definition) is 1. The number of halogens is 1. The van der Waals surface area contributed by atoms with Gasteiger partial charge < -0.3 is 19.5 Å². The molecule has 0 radical (unpaired) electrons. The van der Waals surface area contributed by atoms with Crippen molar-refractivity contribution in [2.24, 2.45) is 0 Å². The Bertz CT molecular complexity index is 657. The van der Waals surface area contributed by atoms with Crippen LogP contribution in [-0.4, -0.2) is 32.6 Å². The summed E-state index contributed by atoms with van der Waals surface area (Å²) in [6, 6.07) is 8.25. The fraction of sp³-hybridized carbons (Fsp3) is 0.312. The van der Waals surface area contributed by atoms with Crippen molar-refractivity contribution < 1.29 is 13.6 Å². The average molecular weight is 303 g/mol. The van der Waals surface area contributed by atoms with Crippen LogP contribution in [0.4, 0.5) is 15.8 Å². The standard InChI is InChI=1S/C16H18FN3O2/c1-19-6-7-20(14-5-4-12(17)9-15(14)19)11-16(21)18-10-13-3-2-8-22-13/h2-5,8-9H,6-7,10-11H2,1H3,(H,18,21). The van der Waals surface area contributed by atoms with Gasteiger partial charge in [-0.15, -0.1) is 0 Å². The van der Waals surface area contributed by atoms with Gasteiger partial charge in [0.1, 0.15) is 11.6 Å². The van der Waals surface area contributed by atoms with E-state index in [1.54, 1.807) is 18.4 Å². The van der Waals surface area contributed by atoms with Crippen LogP contribution in [0.3, 0.4) is 0 Å². The second kappa shape index (κ2) is 6.09. The molecular formula is C16H18FN3O2. The van der Waals surface area contributed by atoms with E-state index in [0.717, 1.165) is 24.5 Å². The molecule has 0 aliphatic carbocycles. The molecule has 0 bridgehead atoms. The van der Waals surface area contributed by atoms with Crippen LogP contribution in [0.15, 0.2) is 41.0 Å². The first-order chi connectivity index (χ1) is 10.6. The molecule has 2 aromatic rings. The van der Waals surface area contributed by atoms with Crippen LogP contribution in [0, 0.1) is 5.82 Å². The maximum Gasteiger partial charge on any atom is 0.239 e. The summed E-state index contributed by atoms with van der Waals surface area (Å²) < 4.78 is 18.6. The molecule has 2 heterocycles. The van der Waals surface area contributed by atoms with E-state index in [-0.39, 0.29) is 18.3 Å². The van der Waals surface area contributed by atoms with Gasteiger partial charge in [0.15, 0.2) is 0 Å². The van der Waals surface area contributed by atoms with Gasteiger partial charge in [0.05, 0.1) is 30.7 Å². The number of rotatable bonds is 4. The van der Waals surface area contributed by atoms with Gasteiger partial charge in [-0.2, -0.15) is 0 Å². The van der Waals surface area contributed by atoms with E-state index in [1.165, 1.54) is 12.1 Å². The lowest BCUT2D eigenvalue weighted by atomic mass is 10.1. The van der Waals surface area contributed by atoms with Crippen LogP contribution in [0.25, 0.3) is 0 Å². The molecule has 3 rings (SSSR count). The average Bonchev–Trinajstić information content (AvgIpc) is 3.02. The SMILES string of the molecule is CN1CCN(CC(=O)NCc2ccco2)c2ccc(F)cc21. The predicted molar refractivity (Wildman–Crippen MR) is 82.4 cm³/mol. The fourth-order valence-electron chi connectivity index (χ4n) is 2.57. The topological polar surface area (TPSA) is 48.7 Å². The largest absolute Gasteiger partial charge is 0.467 e. The molecule has 0 fully saturated rings. The van der Waals surface area contributed by atoms with E-state index in [2.05, 4.69) is 5.32 Å². The number of nitrogens with zero attached hydrogens (tertiary/aromatic N) is 2. The number of nitrogens with one attached hydrogen (secondary N) is 1. The molecule has 0 atom stereocenters. The monoisotopic (exact) mass is 303 g/mol. The molecule has 22 heavy (non-hydrogen) atoms. The highest BCUT2D eigenvalue weighted by molar-refractivity contribution is 5.84. The zero-order valence-electron chi connectivity index (χ0n) is 12.4. The van der Waals surface area contributed by atoms with Crippen LogP contribution in [0.2, 0.25) is 0 Å². The van der Waals surface area contributed by atoms with Crippen molar-refractivity contribution >= 4 is 17.3 Å². The lowest BCUT2D eigenvalue weighted by Gasteiger charge is -2.36. The van der Waals surface area contributed by atoms with Gasteiger partial charge >= 0.3 is 0 Å². The highest BCUT2D eigenvalue weighted by Crippen LogP contribution is 2.32. The van der Waals surface area contributed by atoms with Crippen molar-refractivity contribution in [2.75, 3.05) is 36.5 Å². The third kappa shape index (κ3) is 3.05. The Morgan fingerprint density at radius 1 is 1.32 bits per heavy atom. The zero-order valence-corrected chi connectivity index (χ0v) is 12.4. The van der Waals surface area contributed by atoms with Crippen molar-refractivity contribution in [1.29, 1.82) is 0 Å². The lowest BCUT2D eigenvalue weighted by Crippen LogP contribution is -2.44. The van der Waals surface area contributed by atoms with Crippen molar-refractivity contribution in [3.8, 4) is 0 Å². The number of carbonyl (C=O) groups is 1. The molecular weight excluding hydrogens is 285 g/mol. The smallest absolute Gasteiger partial charge is 0.239 e. The van der Waals surface area contributed by atoms with E-state index in [1.807, 2.05) is 22.9 Å². The van der Waals surface area contributed by atoms with Crippen molar-refractivity contribution in [1.82, 2.24) is 5.32 Å². The Labute approximate surface area is 128 Å². The first-order valence-electron chi connectivity index (χ1n) is 7.18. The minimum Gasteiger partial charge on any atom is -0.467 e. The van der Waals surface area contributed by atoms with Crippen LogP contribution in [-0.2, 0) is 11.3 Å². The van der Waals surface area contributed by atoms with E-state index >= 15 is 0 Å². The summed E-state index contributed by atoms with van der Waals surface area (Å²) in [6.45, 7) is 2.09. The van der Waals surface area contributed by atoms with Crippen LogP contribution < -0.4 is 15.1 Å². The number of likely N-dealkylation sites (N-methyl/N-ethyl adjacent to an activating group) is 1. The second-order valence-corrected chi connectivity index (χ2v) is 5.33. The molecule has 1 aromatic carbocycles. The molecule has 0 spiro atoms. The minimum absolute atomic E-state index is 0.0868. The number of carbonyl (C=O) groups excluding carboxylic acids is 1. The van der Waals surface area contributed by atoms with Crippen molar-refractivity contribution in [2.45, 2.75) is 6.54 Å². The van der Waals surface area contributed by atoms with Gasteiger partial charge in [0.2, 0.25) is 5.91 Å². The van der Waals surface area contributed by atoms with Crippen LogP contribution >= 0.6 is 0 Å². The van der Waals surface area contributed by atoms with Crippen LogP contribution in [0.5, 0.6) is 0 Å². The second-order valence-electron chi connectivity index (χ2n) is 5.33. The van der Waals surface area contributed by atoms with E-state index < -0.39 is 0 Å². The minimum atomic E-state index is -0.269. The van der Waals surface area contributed by atoms with Crippen molar-refractivity contribution in [3.05, 3.63) is 48.2 Å². The molecule has 0 saturated heterocycles. The number of furan rings is 1. The molecule has 0 unspecified atom stereocenters. The highest BCUT2D eigenvalue weighted by atomic mass is 19.1. The lowest BCUT2D eigenvalue weighted by molar-refractivity contribution is -0.120. The van der Waals surface area contributed by atoms with Gasteiger partial charge in [0.25, 0.3) is 0 Å². The Balaban J connectivity index is 1.66. The summed E-state index contributed by atoms with van der Waals surface area (Å²) in [7, 11) is 1.92. The number of anilines is 2. The molecule has 1 N–H and O–H groups in total. The summed E-state index contributed by atoms with van der Waals surface area (Å²) in [5.74, 6) is 0.361. The normalized spacial score (nSPS) is 13.9. The summed E-state index contributed by atoms with van der Waals surface area (Å²) in [5.41, 5.74) is 1.69. The number of amides is 1. The first-order valence-corrected chi connectivity index (χ1v) is 7.18. The molecule has 1 amide bonds. The Morgan fingerprint density at radius 3 is 2.95 bits per heavy atom. The maximum absolute atomic E-state index is 13.4. The molecule has 1 aliphatic heterocycles. The molecule has 116 valence electrons. The fourth-order valence-corrected chi connectivity index (χ4v) is 2.57. The quantitative estimate of drug-likeness (QED) is 0.938. The molecule has 1 aliphatic rings. The molecule has 5 nitrogen and oxygen atoms in total. The van der Waals surface area contributed by atoms with Gasteiger partial charge in [0, 0.05) is 20.1 Å². The van der Waals surface area contributed by atoms with Gasteiger partial charge in [-0.25, -0.2) is 4.39 Å².